The van der Waals surface area contributed by atoms with Crippen molar-refractivity contribution in [3.05, 3.63) is 35.0 Å². The van der Waals surface area contributed by atoms with Gasteiger partial charge in [-0.15, -0.1) is 0 Å². The monoisotopic (exact) mass is 284 g/mol. The van der Waals surface area contributed by atoms with Crippen LogP contribution < -0.4 is 5.32 Å². The number of aromatic amines is 1. The van der Waals surface area contributed by atoms with Gasteiger partial charge in [0.15, 0.2) is 5.78 Å². The number of aromatic nitrogens is 1. The lowest BCUT2D eigenvalue weighted by Gasteiger charge is -2.10. The van der Waals surface area contributed by atoms with E-state index in [4.69, 9.17) is 0 Å². The van der Waals surface area contributed by atoms with Crippen molar-refractivity contribution in [1.82, 2.24) is 10.3 Å². The molecule has 0 spiro atoms. The summed E-state index contributed by atoms with van der Waals surface area (Å²) in [6.07, 6.45) is 2.41. The Balaban J connectivity index is 1.96. The van der Waals surface area contributed by atoms with Gasteiger partial charge in [0.2, 0.25) is 0 Å². The molecule has 0 atom stereocenters. The molecule has 1 amide bonds. The molecule has 1 aromatic carbocycles. The highest BCUT2D eigenvalue weighted by molar-refractivity contribution is 6.05. The number of carbonyl (C=O) groups excluding carboxylic acids is 2. The minimum absolute atomic E-state index is 0.0531. The molecule has 4 heteroatoms. The fourth-order valence-electron chi connectivity index (χ4n) is 2.84. The van der Waals surface area contributed by atoms with Gasteiger partial charge in [0.25, 0.3) is 5.91 Å². The molecule has 2 aromatic rings. The highest BCUT2D eigenvalue weighted by Crippen LogP contribution is 2.29. The number of benzene rings is 1. The molecule has 0 unspecified atom stereocenters. The number of hydrogen-bond acceptors (Lipinski definition) is 2. The van der Waals surface area contributed by atoms with E-state index in [1.165, 1.54) is 0 Å². The predicted octanol–water partition coefficient (Wildman–Crippen LogP) is 3.07. The average molecular weight is 284 g/mol. The second kappa shape index (κ2) is 5.35. The zero-order chi connectivity index (χ0) is 15.0. The molecule has 0 aliphatic heterocycles. The van der Waals surface area contributed by atoms with Gasteiger partial charge in [-0.3, -0.25) is 9.59 Å². The van der Waals surface area contributed by atoms with Crippen molar-refractivity contribution in [3.63, 3.8) is 0 Å². The summed E-state index contributed by atoms with van der Waals surface area (Å²) in [5, 5.41) is 3.94. The van der Waals surface area contributed by atoms with Crippen LogP contribution in [-0.4, -0.2) is 23.2 Å². The molecule has 4 nitrogen and oxygen atoms in total. The van der Waals surface area contributed by atoms with Gasteiger partial charge >= 0.3 is 0 Å². The molecule has 0 radical (unpaired) electrons. The number of amides is 1. The first-order chi connectivity index (χ1) is 10.1. The summed E-state index contributed by atoms with van der Waals surface area (Å²) in [5.41, 5.74) is 3.40. The number of ketones is 1. The molecular formula is C17H20N2O2. The second-order valence-electron chi connectivity index (χ2n) is 6.12. The zero-order valence-corrected chi connectivity index (χ0v) is 12.5. The summed E-state index contributed by atoms with van der Waals surface area (Å²) in [6, 6.07) is 5.61. The Kier molecular flexibility index (Phi) is 3.53. The van der Waals surface area contributed by atoms with E-state index in [1.54, 1.807) is 0 Å². The first-order valence-corrected chi connectivity index (χ1v) is 7.52. The van der Waals surface area contributed by atoms with Crippen molar-refractivity contribution in [2.45, 2.75) is 33.1 Å². The fraction of sp³-hybridized carbons (Fsp3) is 0.412. The smallest absolute Gasteiger partial charge is 0.251 e. The maximum Gasteiger partial charge on any atom is 0.251 e. The van der Waals surface area contributed by atoms with Crippen LogP contribution in [0.1, 0.15) is 53.1 Å². The molecular weight excluding hydrogens is 264 g/mol. The van der Waals surface area contributed by atoms with Crippen LogP contribution in [0.4, 0.5) is 0 Å². The third kappa shape index (κ3) is 2.58. The Morgan fingerprint density at radius 3 is 2.90 bits per heavy atom. The molecule has 0 fully saturated rings. The van der Waals surface area contributed by atoms with Crippen LogP contribution >= 0.6 is 0 Å². The van der Waals surface area contributed by atoms with Crippen LogP contribution in [0, 0.1) is 5.92 Å². The largest absolute Gasteiger partial charge is 0.352 e. The van der Waals surface area contributed by atoms with Gasteiger partial charge in [-0.05, 0) is 42.5 Å². The summed E-state index contributed by atoms with van der Waals surface area (Å²) in [6.45, 7) is 4.80. The van der Waals surface area contributed by atoms with Gasteiger partial charge in [-0.2, -0.15) is 0 Å². The van der Waals surface area contributed by atoms with Crippen molar-refractivity contribution < 1.29 is 9.59 Å². The van der Waals surface area contributed by atoms with E-state index in [-0.39, 0.29) is 11.7 Å². The van der Waals surface area contributed by atoms with E-state index in [0.29, 0.717) is 24.4 Å². The van der Waals surface area contributed by atoms with Gasteiger partial charge in [-0.1, -0.05) is 13.8 Å². The molecule has 1 aromatic heterocycles. The normalized spacial score (nSPS) is 14.5. The molecule has 0 bridgehead atoms. The minimum Gasteiger partial charge on any atom is -0.352 e. The van der Waals surface area contributed by atoms with Gasteiger partial charge in [-0.25, -0.2) is 0 Å². The molecule has 0 saturated carbocycles. The lowest BCUT2D eigenvalue weighted by molar-refractivity contribution is 0.0946. The van der Waals surface area contributed by atoms with E-state index in [2.05, 4.69) is 24.1 Å². The number of Topliss-reactive ketones (excluding diaryl/α,β-unsaturated/α-hetero) is 1. The standard InChI is InChI=1S/C17H20N2O2/c1-10(2)9-18-17(21)11-6-7-14-13(8-11)12-4-3-5-15(20)16(12)19-14/h6-8,10,19H,3-5,9H2,1-2H3,(H,18,21). The number of aryl methyl sites for hydroxylation is 1. The number of hydrogen-bond donors (Lipinski definition) is 2. The number of H-pyrrole nitrogens is 1. The fourth-order valence-corrected chi connectivity index (χ4v) is 2.84. The summed E-state index contributed by atoms with van der Waals surface area (Å²) in [5.74, 6) is 0.552. The molecule has 110 valence electrons. The maximum absolute atomic E-state index is 12.2. The van der Waals surface area contributed by atoms with Gasteiger partial charge in [0.05, 0.1) is 5.69 Å². The summed E-state index contributed by atoms with van der Waals surface area (Å²) in [7, 11) is 0. The van der Waals surface area contributed by atoms with E-state index in [9.17, 15) is 9.59 Å². The van der Waals surface area contributed by atoms with Crippen LogP contribution in [0.25, 0.3) is 10.9 Å². The summed E-state index contributed by atoms with van der Waals surface area (Å²) < 4.78 is 0. The number of fused-ring (bicyclic) bond motifs is 3. The van der Waals surface area contributed by atoms with Crippen LogP contribution in [0.2, 0.25) is 0 Å². The van der Waals surface area contributed by atoms with Crippen molar-refractivity contribution in [2.75, 3.05) is 6.54 Å². The predicted molar refractivity (Wildman–Crippen MR) is 82.7 cm³/mol. The number of nitrogens with one attached hydrogen (secondary N) is 2. The first kappa shape index (κ1) is 13.9. The number of rotatable bonds is 3. The Bertz CT molecular complexity index is 713. The van der Waals surface area contributed by atoms with E-state index >= 15 is 0 Å². The summed E-state index contributed by atoms with van der Waals surface area (Å²) in [4.78, 5) is 27.3. The van der Waals surface area contributed by atoms with E-state index in [0.717, 1.165) is 35.0 Å². The van der Waals surface area contributed by atoms with Crippen LogP contribution in [0.15, 0.2) is 18.2 Å². The maximum atomic E-state index is 12.2. The van der Waals surface area contributed by atoms with Crippen molar-refractivity contribution in [2.24, 2.45) is 5.92 Å². The lowest BCUT2D eigenvalue weighted by atomic mass is 9.94. The van der Waals surface area contributed by atoms with Crippen molar-refractivity contribution >= 4 is 22.6 Å². The topological polar surface area (TPSA) is 62.0 Å². The van der Waals surface area contributed by atoms with Crippen LogP contribution in [0.5, 0.6) is 0 Å². The van der Waals surface area contributed by atoms with E-state index < -0.39 is 0 Å². The average Bonchev–Trinajstić information content (AvgIpc) is 2.84. The lowest BCUT2D eigenvalue weighted by Crippen LogP contribution is -2.27. The van der Waals surface area contributed by atoms with Gasteiger partial charge < -0.3 is 10.3 Å². The number of carbonyl (C=O) groups is 2. The van der Waals surface area contributed by atoms with Crippen LogP contribution in [0.3, 0.4) is 0 Å². The molecule has 21 heavy (non-hydrogen) atoms. The highest BCUT2D eigenvalue weighted by Gasteiger charge is 2.22. The SMILES string of the molecule is CC(C)CNC(=O)c1ccc2[nH]c3c(c2c1)CCCC3=O. The zero-order valence-electron chi connectivity index (χ0n) is 12.5. The van der Waals surface area contributed by atoms with Crippen molar-refractivity contribution in [3.8, 4) is 0 Å². The quantitative estimate of drug-likeness (QED) is 0.910. The minimum atomic E-state index is -0.0531. The van der Waals surface area contributed by atoms with Gasteiger partial charge in [0, 0.05) is 29.4 Å². The third-order valence-electron chi connectivity index (χ3n) is 3.95. The van der Waals surface area contributed by atoms with Gasteiger partial charge in [0.1, 0.15) is 0 Å². The van der Waals surface area contributed by atoms with Crippen molar-refractivity contribution in [1.29, 1.82) is 0 Å². The van der Waals surface area contributed by atoms with E-state index in [1.807, 2.05) is 18.2 Å². The molecule has 1 heterocycles. The first-order valence-electron chi connectivity index (χ1n) is 7.52. The molecule has 3 rings (SSSR count). The molecule has 1 aliphatic rings. The Morgan fingerprint density at radius 1 is 1.33 bits per heavy atom. The molecule has 0 saturated heterocycles. The van der Waals surface area contributed by atoms with Crippen LogP contribution in [-0.2, 0) is 6.42 Å². The second-order valence-corrected chi connectivity index (χ2v) is 6.12. The molecule has 2 N–H and O–H groups in total. The Morgan fingerprint density at radius 2 is 2.14 bits per heavy atom. The highest BCUT2D eigenvalue weighted by atomic mass is 16.1. The molecule has 1 aliphatic carbocycles. The third-order valence-corrected chi connectivity index (χ3v) is 3.95. The summed E-state index contributed by atoms with van der Waals surface area (Å²) >= 11 is 0. The Labute approximate surface area is 123 Å². The Hall–Kier alpha value is -2.10.